The number of amides is 1. The molecule has 20 heavy (non-hydrogen) atoms. The van der Waals surface area contributed by atoms with E-state index < -0.39 is 0 Å². The zero-order valence-electron chi connectivity index (χ0n) is 11.1. The molecule has 2 aromatic rings. The van der Waals surface area contributed by atoms with Gasteiger partial charge in [-0.25, -0.2) is 4.98 Å². The van der Waals surface area contributed by atoms with Crippen LogP contribution in [0.5, 0.6) is 0 Å². The summed E-state index contributed by atoms with van der Waals surface area (Å²) >= 11 is 1.58. The molecule has 2 N–H and O–H groups in total. The lowest BCUT2D eigenvalue weighted by Crippen LogP contribution is -2.48. The molecule has 1 aliphatic heterocycles. The highest BCUT2D eigenvalue weighted by Crippen LogP contribution is 2.16. The number of aromatic nitrogens is 1. The Morgan fingerprint density at radius 2 is 2.25 bits per heavy atom. The molecule has 1 aliphatic rings. The van der Waals surface area contributed by atoms with Gasteiger partial charge in [0.05, 0.1) is 17.2 Å². The molecule has 0 saturated heterocycles. The van der Waals surface area contributed by atoms with Crippen molar-refractivity contribution in [3.63, 3.8) is 0 Å². The monoisotopic (exact) mass is 287 g/mol. The first kappa shape index (κ1) is 13.3. The number of benzene rings is 1. The fourth-order valence-corrected chi connectivity index (χ4v) is 3.03. The maximum Gasteiger partial charge on any atom is 0.237 e. The number of fused-ring (bicyclic) bond motifs is 1. The van der Waals surface area contributed by atoms with Crippen LogP contribution in [-0.2, 0) is 24.2 Å². The lowest BCUT2D eigenvalue weighted by atomic mass is 9.95. The molecule has 1 atom stereocenters. The van der Waals surface area contributed by atoms with Crippen LogP contribution in [0.3, 0.4) is 0 Å². The van der Waals surface area contributed by atoms with Gasteiger partial charge in [-0.1, -0.05) is 24.3 Å². The van der Waals surface area contributed by atoms with E-state index >= 15 is 0 Å². The number of rotatable bonds is 4. The average molecular weight is 287 g/mol. The molecule has 104 valence electrons. The van der Waals surface area contributed by atoms with Crippen LogP contribution in [0.15, 0.2) is 35.2 Å². The van der Waals surface area contributed by atoms with Crippen molar-refractivity contribution in [1.29, 1.82) is 0 Å². The average Bonchev–Trinajstić information content (AvgIpc) is 3.00. The fourth-order valence-electron chi connectivity index (χ4n) is 2.44. The van der Waals surface area contributed by atoms with Crippen molar-refractivity contribution in [3.05, 3.63) is 52.0 Å². The molecule has 0 radical (unpaired) electrons. The van der Waals surface area contributed by atoms with Gasteiger partial charge in [-0.2, -0.15) is 0 Å². The van der Waals surface area contributed by atoms with Crippen molar-refractivity contribution in [1.82, 2.24) is 15.6 Å². The van der Waals surface area contributed by atoms with E-state index in [0.29, 0.717) is 6.54 Å². The molecular formula is C15H17N3OS. The Bertz CT molecular complexity index is 583. The Morgan fingerprint density at radius 1 is 1.40 bits per heavy atom. The Kier molecular flexibility index (Phi) is 4.08. The zero-order valence-corrected chi connectivity index (χ0v) is 12.0. The lowest BCUT2D eigenvalue weighted by Gasteiger charge is -2.25. The van der Waals surface area contributed by atoms with Gasteiger partial charge in [-0.15, -0.1) is 11.3 Å². The van der Waals surface area contributed by atoms with E-state index in [0.717, 1.165) is 25.1 Å². The van der Waals surface area contributed by atoms with Crippen molar-refractivity contribution >= 4 is 17.2 Å². The summed E-state index contributed by atoms with van der Waals surface area (Å²) in [5, 5.41) is 8.29. The number of nitrogens with one attached hydrogen (secondary N) is 2. The molecule has 1 aromatic heterocycles. The van der Waals surface area contributed by atoms with Crippen molar-refractivity contribution in [2.75, 3.05) is 6.54 Å². The first-order valence-corrected chi connectivity index (χ1v) is 7.72. The largest absolute Gasteiger partial charge is 0.354 e. The van der Waals surface area contributed by atoms with Crippen LogP contribution in [0.2, 0.25) is 0 Å². The number of hydrogen-bond donors (Lipinski definition) is 2. The predicted molar refractivity (Wildman–Crippen MR) is 79.6 cm³/mol. The summed E-state index contributed by atoms with van der Waals surface area (Å²) < 4.78 is 0. The molecule has 1 amide bonds. The second kappa shape index (κ2) is 6.15. The van der Waals surface area contributed by atoms with Crippen LogP contribution < -0.4 is 10.6 Å². The molecule has 3 rings (SSSR count). The quantitative estimate of drug-likeness (QED) is 0.896. The summed E-state index contributed by atoms with van der Waals surface area (Å²) in [5.74, 6) is 0.0785. The van der Waals surface area contributed by atoms with Gasteiger partial charge >= 0.3 is 0 Å². The number of nitrogens with zero attached hydrogens (tertiary/aromatic N) is 1. The highest BCUT2D eigenvalue weighted by Gasteiger charge is 2.23. The van der Waals surface area contributed by atoms with Gasteiger partial charge in [-0.05, 0) is 17.5 Å². The minimum atomic E-state index is -0.125. The van der Waals surface area contributed by atoms with E-state index in [1.807, 2.05) is 23.0 Å². The molecular weight excluding hydrogens is 270 g/mol. The van der Waals surface area contributed by atoms with E-state index in [1.165, 1.54) is 11.1 Å². The lowest BCUT2D eigenvalue weighted by molar-refractivity contribution is -0.123. The second-order valence-electron chi connectivity index (χ2n) is 4.93. The van der Waals surface area contributed by atoms with E-state index in [2.05, 4.69) is 27.8 Å². The van der Waals surface area contributed by atoms with Gasteiger partial charge in [0.25, 0.3) is 0 Å². The van der Waals surface area contributed by atoms with Crippen LogP contribution in [0.4, 0.5) is 0 Å². The Labute approximate surface area is 122 Å². The van der Waals surface area contributed by atoms with Gasteiger partial charge in [-0.3, -0.25) is 4.79 Å². The number of carbonyl (C=O) groups excluding carboxylic acids is 1. The molecule has 5 heteroatoms. The summed E-state index contributed by atoms with van der Waals surface area (Å²) in [6.07, 6.45) is 1.55. The molecule has 4 nitrogen and oxygen atoms in total. The summed E-state index contributed by atoms with van der Waals surface area (Å²) in [6.45, 7) is 1.41. The fraction of sp³-hybridized carbons (Fsp3) is 0.333. The Balaban J connectivity index is 1.51. The number of carbonyl (C=O) groups is 1. The zero-order chi connectivity index (χ0) is 13.8. The summed E-state index contributed by atoms with van der Waals surface area (Å²) in [4.78, 5) is 16.4. The second-order valence-corrected chi connectivity index (χ2v) is 5.65. The molecule has 0 bridgehead atoms. The third kappa shape index (κ3) is 3.05. The summed E-state index contributed by atoms with van der Waals surface area (Å²) in [6, 6.07) is 8.15. The van der Waals surface area contributed by atoms with E-state index in [-0.39, 0.29) is 11.9 Å². The number of thiazole rings is 1. The number of hydrogen-bond acceptors (Lipinski definition) is 4. The van der Waals surface area contributed by atoms with E-state index in [4.69, 9.17) is 0 Å². The normalized spacial score (nSPS) is 17.5. The maximum atomic E-state index is 12.1. The van der Waals surface area contributed by atoms with Crippen LogP contribution in [0.25, 0.3) is 0 Å². The third-order valence-corrected chi connectivity index (χ3v) is 4.20. The molecule has 0 saturated carbocycles. The smallest absolute Gasteiger partial charge is 0.237 e. The maximum absolute atomic E-state index is 12.1. The Hall–Kier alpha value is -1.72. The van der Waals surface area contributed by atoms with Crippen LogP contribution in [-0.4, -0.2) is 23.5 Å². The highest BCUT2D eigenvalue weighted by molar-refractivity contribution is 7.07. The van der Waals surface area contributed by atoms with E-state index in [1.54, 1.807) is 11.3 Å². The van der Waals surface area contributed by atoms with Gasteiger partial charge in [0, 0.05) is 24.9 Å². The molecule has 1 unspecified atom stereocenters. The van der Waals surface area contributed by atoms with Gasteiger partial charge in [0.15, 0.2) is 0 Å². The predicted octanol–water partition coefficient (Wildman–Crippen LogP) is 1.52. The van der Waals surface area contributed by atoms with E-state index in [9.17, 15) is 4.79 Å². The standard InChI is InChI=1S/C15H17N3OS/c19-15(16-6-5-13-9-20-10-18-13)14-7-11-3-1-2-4-12(11)8-17-14/h1-4,9-10,14,17H,5-8H2,(H,16,19). The van der Waals surface area contributed by atoms with Gasteiger partial charge in [0.1, 0.15) is 0 Å². The van der Waals surface area contributed by atoms with Crippen molar-refractivity contribution in [2.45, 2.75) is 25.4 Å². The van der Waals surface area contributed by atoms with Crippen LogP contribution in [0.1, 0.15) is 16.8 Å². The van der Waals surface area contributed by atoms with Gasteiger partial charge in [0.2, 0.25) is 5.91 Å². The molecule has 0 aliphatic carbocycles. The van der Waals surface area contributed by atoms with Crippen LogP contribution >= 0.6 is 11.3 Å². The van der Waals surface area contributed by atoms with Gasteiger partial charge < -0.3 is 10.6 Å². The topological polar surface area (TPSA) is 54.0 Å². The van der Waals surface area contributed by atoms with Crippen molar-refractivity contribution in [3.8, 4) is 0 Å². The minimum absolute atomic E-state index is 0.0785. The molecule has 0 spiro atoms. The molecule has 0 fully saturated rings. The van der Waals surface area contributed by atoms with Crippen LogP contribution in [0, 0.1) is 0 Å². The highest BCUT2D eigenvalue weighted by atomic mass is 32.1. The SMILES string of the molecule is O=C(NCCc1cscn1)C1Cc2ccccc2CN1. The Morgan fingerprint density at radius 3 is 3.05 bits per heavy atom. The molecule has 1 aromatic carbocycles. The summed E-state index contributed by atoms with van der Waals surface area (Å²) in [7, 11) is 0. The van der Waals surface area contributed by atoms with Crippen molar-refractivity contribution in [2.24, 2.45) is 0 Å². The van der Waals surface area contributed by atoms with Crippen molar-refractivity contribution < 1.29 is 4.79 Å². The summed E-state index contributed by atoms with van der Waals surface area (Å²) in [5.41, 5.74) is 5.42. The molecule has 2 heterocycles. The first-order valence-electron chi connectivity index (χ1n) is 6.78. The first-order chi connectivity index (χ1) is 9.83. The third-order valence-electron chi connectivity index (χ3n) is 3.56. The minimum Gasteiger partial charge on any atom is -0.354 e.